The number of ether oxygens (including phenoxy) is 2. The molecule has 1 aliphatic carbocycles. The molecule has 37 heavy (non-hydrogen) atoms. The SMILES string of the molecule is COc1ccc(NC(=O)C(c2cccc(C)c2)N(C(=O)C(CO)NC(=O)OC(C)(C)C)C2CCC2)cc1. The van der Waals surface area contributed by atoms with Gasteiger partial charge in [-0.05, 0) is 76.8 Å². The average Bonchev–Trinajstić information content (AvgIpc) is 2.80. The van der Waals surface area contributed by atoms with E-state index in [0.717, 1.165) is 12.0 Å². The van der Waals surface area contributed by atoms with Gasteiger partial charge in [-0.15, -0.1) is 0 Å². The summed E-state index contributed by atoms with van der Waals surface area (Å²) >= 11 is 0. The Balaban J connectivity index is 1.96. The lowest BCUT2D eigenvalue weighted by atomic mass is 9.88. The van der Waals surface area contributed by atoms with Gasteiger partial charge in [0.25, 0.3) is 5.91 Å². The Morgan fingerprint density at radius 3 is 2.30 bits per heavy atom. The minimum absolute atomic E-state index is 0.214. The number of aryl methyl sites for hydroxylation is 1. The van der Waals surface area contributed by atoms with E-state index in [0.29, 0.717) is 29.8 Å². The molecule has 2 atom stereocenters. The fourth-order valence-corrected chi connectivity index (χ4v) is 4.16. The van der Waals surface area contributed by atoms with Crippen LogP contribution in [0.4, 0.5) is 10.5 Å². The quantitative estimate of drug-likeness (QED) is 0.469. The van der Waals surface area contributed by atoms with Gasteiger partial charge in [0.1, 0.15) is 23.4 Å². The maximum Gasteiger partial charge on any atom is 0.408 e. The van der Waals surface area contributed by atoms with E-state index in [1.54, 1.807) is 58.2 Å². The van der Waals surface area contributed by atoms with Crippen molar-refractivity contribution in [3.8, 4) is 5.75 Å². The second-order valence-corrected chi connectivity index (χ2v) is 10.2. The summed E-state index contributed by atoms with van der Waals surface area (Å²) < 4.78 is 10.5. The number of nitrogens with zero attached hydrogens (tertiary/aromatic N) is 1. The summed E-state index contributed by atoms with van der Waals surface area (Å²) in [5, 5.41) is 15.4. The first-order valence-electron chi connectivity index (χ1n) is 12.5. The van der Waals surface area contributed by atoms with Crippen LogP contribution in [-0.4, -0.2) is 59.3 Å². The summed E-state index contributed by atoms with van der Waals surface area (Å²) in [6.07, 6.45) is 1.53. The van der Waals surface area contributed by atoms with Crippen molar-refractivity contribution in [3.05, 3.63) is 59.7 Å². The molecule has 3 N–H and O–H groups in total. The topological polar surface area (TPSA) is 117 Å². The van der Waals surface area contributed by atoms with Crippen LogP contribution in [0.15, 0.2) is 48.5 Å². The van der Waals surface area contributed by atoms with Gasteiger partial charge in [-0.3, -0.25) is 9.59 Å². The van der Waals surface area contributed by atoms with Crippen molar-refractivity contribution in [1.82, 2.24) is 10.2 Å². The highest BCUT2D eigenvalue weighted by atomic mass is 16.6. The number of rotatable bonds is 9. The first kappa shape index (κ1) is 28.0. The summed E-state index contributed by atoms with van der Waals surface area (Å²) in [7, 11) is 1.56. The zero-order chi connectivity index (χ0) is 27.2. The van der Waals surface area contributed by atoms with Crippen LogP contribution in [0.2, 0.25) is 0 Å². The highest BCUT2D eigenvalue weighted by Gasteiger charge is 2.42. The van der Waals surface area contributed by atoms with E-state index in [1.165, 1.54) is 4.90 Å². The van der Waals surface area contributed by atoms with Crippen molar-refractivity contribution in [1.29, 1.82) is 0 Å². The lowest BCUT2D eigenvalue weighted by Gasteiger charge is -2.43. The summed E-state index contributed by atoms with van der Waals surface area (Å²) in [6, 6.07) is 11.9. The van der Waals surface area contributed by atoms with Gasteiger partial charge < -0.3 is 30.1 Å². The zero-order valence-corrected chi connectivity index (χ0v) is 22.1. The number of benzene rings is 2. The van der Waals surface area contributed by atoms with Crippen molar-refractivity contribution in [3.63, 3.8) is 0 Å². The molecule has 0 spiro atoms. The predicted octanol–water partition coefficient (Wildman–Crippen LogP) is 3.95. The molecule has 1 aliphatic rings. The predicted molar refractivity (Wildman–Crippen MR) is 140 cm³/mol. The normalized spacial score (nSPS) is 15.1. The number of nitrogens with one attached hydrogen (secondary N) is 2. The standard InChI is InChI=1S/C28H37N3O6/c1-18-8-6-9-19(16-18)24(25(33)29-20-12-14-22(36-5)15-13-20)31(21-10-7-11-21)26(34)23(17-32)30-27(35)37-28(2,3)4/h6,8-9,12-16,21,23-24,32H,7,10-11,17H2,1-5H3,(H,29,33)(H,30,35). The molecular formula is C28H37N3O6. The Labute approximate surface area is 218 Å². The number of amides is 3. The lowest BCUT2D eigenvalue weighted by Crippen LogP contribution is -2.58. The number of aliphatic hydroxyl groups excluding tert-OH is 1. The number of alkyl carbamates (subject to hydrolysis) is 1. The lowest BCUT2D eigenvalue weighted by molar-refractivity contribution is -0.146. The van der Waals surface area contributed by atoms with E-state index in [4.69, 9.17) is 9.47 Å². The molecule has 2 aromatic carbocycles. The van der Waals surface area contributed by atoms with Crippen molar-refractivity contribution in [2.45, 2.75) is 70.7 Å². The van der Waals surface area contributed by atoms with Gasteiger partial charge in [0, 0.05) is 11.7 Å². The van der Waals surface area contributed by atoms with Gasteiger partial charge in [-0.1, -0.05) is 29.8 Å². The van der Waals surface area contributed by atoms with Crippen LogP contribution in [-0.2, 0) is 14.3 Å². The highest BCUT2D eigenvalue weighted by Crippen LogP contribution is 2.34. The third-order valence-electron chi connectivity index (χ3n) is 6.14. The van der Waals surface area contributed by atoms with Crippen LogP contribution >= 0.6 is 0 Å². The van der Waals surface area contributed by atoms with E-state index in [2.05, 4.69) is 10.6 Å². The molecule has 0 heterocycles. The van der Waals surface area contributed by atoms with Crippen LogP contribution in [0.3, 0.4) is 0 Å². The number of hydrogen-bond donors (Lipinski definition) is 3. The summed E-state index contributed by atoms with van der Waals surface area (Å²) in [5.74, 6) is -0.294. The molecule has 0 radical (unpaired) electrons. The Kier molecular flexibility index (Phi) is 9.15. The first-order valence-corrected chi connectivity index (χ1v) is 12.5. The van der Waals surface area contributed by atoms with E-state index in [1.807, 2.05) is 25.1 Å². The zero-order valence-electron chi connectivity index (χ0n) is 22.1. The molecule has 3 amide bonds. The minimum Gasteiger partial charge on any atom is -0.497 e. The van der Waals surface area contributed by atoms with E-state index >= 15 is 0 Å². The van der Waals surface area contributed by atoms with E-state index in [9.17, 15) is 19.5 Å². The van der Waals surface area contributed by atoms with Crippen molar-refractivity contribution in [2.24, 2.45) is 0 Å². The van der Waals surface area contributed by atoms with Crippen LogP contribution in [0.5, 0.6) is 5.75 Å². The molecule has 1 saturated carbocycles. The Bertz CT molecular complexity index is 1090. The van der Waals surface area contributed by atoms with E-state index in [-0.39, 0.29) is 6.04 Å². The highest BCUT2D eigenvalue weighted by molar-refractivity contribution is 5.99. The molecule has 0 bridgehead atoms. The minimum atomic E-state index is -1.27. The van der Waals surface area contributed by atoms with Gasteiger partial charge in [-0.25, -0.2) is 4.79 Å². The number of methoxy groups -OCH3 is 1. The molecule has 9 heteroatoms. The Hall–Kier alpha value is -3.59. The number of carbonyl (C=O) groups excluding carboxylic acids is 3. The van der Waals surface area contributed by atoms with Crippen LogP contribution < -0.4 is 15.4 Å². The second kappa shape index (κ2) is 12.1. The van der Waals surface area contributed by atoms with Crippen LogP contribution in [0.1, 0.15) is 57.2 Å². The molecule has 2 unspecified atom stereocenters. The summed E-state index contributed by atoms with van der Waals surface area (Å²) in [5.41, 5.74) is 1.35. The molecule has 0 saturated heterocycles. The van der Waals surface area contributed by atoms with Gasteiger partial charge in [-0.2, -0.15) is 0 Å². The van der Waals surface area contributed by atoms with E-state index < -0.39 is 42.2 Å². The molecule has 200 valence electrons. The fourth-order valence-electron chi connectivity index (χ4n) is 4.16. The largest absolute Gasteiger partial charge is 0.497 e. The number of aliphatic hydroxyl groups is 1. The molecule has 0 aromatic heterocycles. The Morgan fingerprint density at radius 2 is 1.78 bits per heavy atom. The number of hydrogen-bond acceptors (Lipinski definition) is 6. The maximum absolute atomic E-state index is 13.8. The van der Waals surface area contributed by atoms with Gasteiger partial charge in [0.2, 0.25) is 5.91 Å². The monoisotopic (exact) mass is 511 g/mol. The fraction of sp³-hybridized carbons (Fsp3) is 0.464. The van der Waals surface area contributed by atoms with Crippen molar-refractivity contribution >= 4 is 23.6 Å². The molecule has 2 aromatic rings. The number of anilines is 1. The first-order chi connectivity index (χ1) is 17.5. The summed E-state index contributed by atoms with van der Waals surface area (Å²) in [4.78, 5) is 41.6. The second-order valence-electron chi connectivity index (χ2n) is 10.2. The summed E-state index contributed by atoms with van der Waals surface area (Å²) in [6.45, 7) is 6.40. The van der Waals surface area contributed by atoms with Crippen molar-refractivity contribution < 1.29 is 29.0 Å². The average molecular weight is 512 g/mol. The third kappa shape index (κ3) is 7.45. The van der Waals surface area contributed by atoms with Crippen molar-refractivity contribution in [2.75, 3.05) is 19.0 Å². The molecule has 0 aliphatic heterocycles. The molecule has 3 rings (SSSR count). The molecule has 1 fully saturated rings. The Morgan fingerprint density at radius 1 is 1.11 bits per heavy atom. The number of carbonyl (C=O) groups is 3. The molecular weight excluding hydrogens is 474 g/mol. The molecule has 9 nitrogen and oxygen atoms in total. The van der Waals surface area contributed by atoms with Gasteiger partial charge >= 0.3 is 6.09 Å². The maximum atomic E-state index is 13.8. The van der Waals surface area contributed by atoms with Gasteiger partial charge in [0.15, 0.2) is 0 Å². The third-order valence-corrected chi connectivity index (χ3v) is 6.14. The van der Waals surface area contributed by atoms with Gasteiger partial charge in [0.05, 0.1) is 13.7 Å². The van der Waals surface area contributed by atoms with Crippen LogP contribution in [0, 0.1) is 6.92 Å². The smallest absolute Gasteiger partial charge is 0.408 e. The van der Waals surface area contributed by atoms with Crippen LogP contribution in [0.25, 0.3) is 0 Å².